The van der Waals surface area contributed by atoms with Crippen LogP contribution in [0.1, 0.15) is 6.92 Å². The van der Waals surface area contributed by atoms with Crippen LogP contribution in [0.15, 0.2) is 46.6 Å². The number of hydrogen-bond donors (Lipinski definition) is 0. The van der Waals surface area contributed by atoms with E-state index in [2.05, 4.69) is 65.3 Å². The fourth-order valence-electron chi connectivity index (χ4n) is 2.55. The lowest BCUT2D eigenvalue weighted by molar-refractivity contribution is -0.868. The van der Waals surface area contributed by atoms with E-state index in [1.54, 1.807) is 6.07 Å². The summed E-state index contributed by atoms with van der Waals surface area (Å²) in [4.78, 5) is 11.8. The third-order valence-electron chi connectivity index (χ3n) is 4.10. The minimum Gasteiger partial charge on any atom is -1.00 e. The summed E-state index contributed by atoms with van der Waals surface area (Å²) >= 11 is 7.28. The summed E-state index contributed by atoms with van der Waals surface area (Å²) in [6.45, 7) is 5.26. The van der Waals surface area contributed by atoms with Crippen molar-refractivity contribution in [2.45, 2.75) is 6.92 Å². The van der Waals surface area contributed by atoms with E-state index < -0.39 is 0 Å². The molecule has 0 atom stereocenters. The van der Waals surface area contributed by atoms with Gasteiger partial charge in [0.2, 0.25) is 5.13 Å². The normalized spacial score (nSPS) is 11.8. The highest BCUT2D eigenvalue weighted by Gasteiger charge is 2.11. The maximum atomic E-state index is 5.91. The Hall–Kier alpha value is -1.61. The molecule has 3 rings (SSSR count). The maximum Gasteiger partial charge on any atom is 0.232 e. The molecule has 0 radical (unpaired) electrons. The van der Waals surface area contributed by atoms with Gasteiger partial charge in [-0.3, -0.25) is 0 Å². The molecule has 28 heavy (non-hydrogen) atoms. The van der Waals surface area contributed by atoms with Gasteiger partial charge in [0, 0.05) is 12.2 Å². The zero-order valence-corrected chi connectivity index (χ0v) is 19.6. The zero-order valence-electron chi connectivity index (χ0n) is 16.4. The van der Waals surface area contributed by atoms with Gasteiger partial charge < -0.3 is 26.4 Å². The molecule has 150 valence electrons. The van der Waals surface area contributed by atoms with Crippen LogP contribution in [0, 0.1) is 0 Å². The van der Waals surface area contributed by atoms with Gasteiger partial charge in [0.1, 0.15) is 15.5 Å². The molecule has 2 aromatic heterocycles. The Balaban J connectivity index is 0.00000280. The van der Waals surface area contributed by atoms with Gasteiger partial charge in [-0.2, -0.15) is 0 Å². The Morgan fingerprint density at radius 2 is 1.75 bits per heavy atom. The summed E-state index contributed by atoms with van der Waals surface area (Å²) < 4.78 is 0.949. The summed E-state index contributed by atoms with van der Waals surface area (Å²) in [7, 11) is 6.63. The molecule has 3 aromatic rings. The van der Waals surface area contributed by atoms with E-state index in [1.165, 1.54) is 17.0 Å². The topological polar surface area (TPSA) is 53.7 Å². The summed E-state index contributed by atoms with van der Waals surface area (Å²) in [5.74, 6) is 0. The Morgan fingerprint density at radius 1 is 1.04 bits per heavy atom. The summed E-state index contributed by atoms with van der Waals surface area (Å²) in [5.41, 5.74) is 2.78. The summed E-state index contributed by atoms with van der Waals surface area (Å²) in [6.07, 6.45) is 0. The molecule has 0 saturated heterocycles. The number of fused-ring (bicyclic) bond motifs is 1. The van der Waals surface area contributed by atoms with Crippen molar-refractivity contribution < 1.29 is 21.5 Å². The van der Waals surface area contributed by atoms with E-state index in [1.807, 2.05) is 18.2 Å². The van der Waals surface area contributed by atoms with Crippen LogP contribution in [0.5, 0.6) is 0 Å². The van der Waals surface area contributed by atoms with Gasteiger partial charge in [-0.25, -0.2) is 9.97 Å². The molecule has 0 N–H and O–H groups in total. The van der Waals surface area contributed by atoms with Crippen LogP contribution in [0.2, 0.25) is 5.15 Å². The van der Waals surface area contributed by atoms with Gasteiger partial charge in [-0.05, 0) is 43.3 Å². The highest BCUT2D eigenvalue weighted by molar-refractivity contribution is 7.21. The monoisotopic (exact) mass is 482 g/mol. The largest absolute Gasteiger partial charge is 1.00 e. The van der Waals surface area contributed by atoms with Gasteiger partial charge >= 0.3 is 0 Å². The minimum atomic E-state index is 0. The number of aromatic nitrogens is 2. The number of thiazole rings is 1. The molecule has 0 aliphatic carbocycles. The molecule has 0 saturated carbocycles. The van der Waals surface area contributed by atoms with E-state index in [0.717, 1.165) is 40.2 Å². The van der Waals surface area contributed by atoms with Crippen molar-refractivity contribution in [1.82, 2.24) is 9.97 Å². The molecule has 0 aliphatic heterocycles. The minimum absolute atomic E-state index is 0. The number of pyridine rings is 1. The van der Waals surface area contributed by atoms with Crippen LogP contribution in [-0.2, 0) is 0 Å². The van der Waals surface area contributed by atoms with Crippen molar-refractivity contribution in [1.29, 1.82) is 0 Å². The Labute approximate surface area is 185 Å². The van der Waals surface area contributed by atoms with E-state index in [9.17, 15) is 0 Å². The maximum absolute atomic E-state index is 5.91. The third kappa shape index (κ3) is 6.20. The van der Waals surface area contributed by atoms with Crippen molar-refractivity contribution in [3.63, 3.8) is 0 Å². The molecule has 0 fully saturated rings. The van der Waals surface area contributed by atoms with Crippen LogP contribution >= 0.6 is 22.9 Å². The number of halogens is 2. The zero-order chi connectivity index (χ0) is 19.4. The lowest BCUT2D eigenvalue weighted by Gasteiger charge is -2.29. The molecule has 0 spiro atoms. The van der Waals surface area contributed by atoms with Gasteiger partial charge in [0.15, 0.2) is 0 Å². The van der Waals surface area contributed by atoms with E-state index in [4.69, 9.17) is 11.6 Å². The van der Waals surface area contributed by atoms with Gasteiger partial charge in [0.05, 0.1) is 39.9 Å². The first-order valence-electron chi connectivity index (χ1n) is 8.84. The van der Waals surface area contributed by atoms with Crippen LogP contribution in [0.3, 0.4) is 0 Å². The Morgan fingerprint density at radius 3 is 2.39 bits per heavy atom. The average molecular weight is 484 g/mol. The first kappa shape index (κ1) is 22.7. The number of hydrogen-bond acceptors (Lipinski definition) is 6. The van der Waals surface area contributed by atoms with Crippen LogP contribution < -0.4 is 21.9 Å². The predicted molar refractivity (Wildman–Crippen MR) is 114 cm³/mol. The number of rotatable bonds is 7. The van der Waals surface area contributed by atoms with Crippen LogP contribution in [0.4, 0.5) is 16.5 Å². The third-order valence-corrected chi connectivity index (χ3v) is 5.16. The Kier molecular flexibility index (Phi) is 7.88. The lowest BCUT2D eigenvalue weighted by Crippen LogP contribution is -3.00. The molecule has 6 nitrogen and oxygen atoms in total. The number of benzene rings is 1. The van der Waals surface area contributed by atoms with E-state index in [-0.39, 0.29) is 17.0 Å². The number of nitrogens with zero attached hydrogens (tertiary/aromatic N) is 6. The summed E-state index contributed by atoms with van der Waals surface area (Å²) in [5, 5.41) is 9.56. The van der Waals surface area contributed by atoms with E-state index in [0.29, 0.717) is 10.3 Å². The van der Waals surface area contributed by atoms with Crippen molar-refractivity contribution in [3.05, 3.63) is 41.6 Å². The molecule has 0 amide bonds. The highest BCUT2D eigenvalue weighted by atomic mass is 79.9. The molecule has 0 bridgehead atoms. The van der Waals surface area contributed by atoms with Crippen LogP contribution in [0.25, 0.3) is 10.3 Å². The molecular formula is C19H24BrClN6S. The highest BCUT2D eigenvalue weighted by Crippen LogP contribution is 2.29. The molecule has 9 heteroatoms. The number of azo groups is 1. The smallest absolute Gasteiger partial charge is 0.232 e. The first-order chi connectivity index (χ1) is 12.8. The second kappa shape index (κ2) is 9.73. The Bertz CT molecular complexity index is 936. The fourth-order valence-corrected chi connectivity index (χ4v) is 3.51. The predicted octanol–water partition coefficient (Wildman–Crippen LogP) is 2.30. The second-order valence-corrected chi connectivity index (χ2v) is 8.61. The molecule has 1 aromatic carbocycles. The number of likely N-dealkylation sites (N-methyl/N-ethyl adjacent to an activating group) is 2. The number of quaternary nitrogens is 1. The molecular weight excluding hydrogens is 460 g/mol. The first-order valence-corrected chi connectivity index (χ1v) is 10.0. The standard InChI is InChI=1S/C19H24ClN6S.BrH/c1-5-25(12-13-26(2,3)4)15-8-6-14(7-9-15)23-24-19-21-16-10-11-17(20)22-18(16)27-19;/h6-11H,5,12-13H2,1-4H3;1H/q+1;/p-1. The molecule has 0 unspecified atom stereocenters. The van der Waals surface area contributed by atoms with Gasteiger partial charge in [-0.15, -0.1) is 10.2 Å². The fraction of sp³-hybridized carbons (Fsp3) is 0.368. The summed E-state index contributed by atoms with van der Waals surface area (Å²) in [6, 6.07) is 11.7. The van der Waals surface area contributed by atoms with E-state index >= 15 is 0 Å². The quantitative estimate of drug-likeness (QED) is 0.294. The van der Waals surface area contributed by atoms with Crippen molar-refractivity contribution >= 4 is 49.8 Å². The van der Waals surface area contributed by atoms with Crippen molar-refractivity contribution in [2.24, 2.45) is 10.2 Å². The molecule has 0 aliphatic rings. The van der Waals surface area contributed by atoms with Crippen molar-refractivity contribution in [2.75, 3.05) is 45.7 Å². The van der Waals surface area contributed by atoms with Crippen LogP contribution in [-0.4, -0.2) is 55.2 Å². The SMILES string of the molecule is CCN(CC[N+](C)(C)C)c1ccc(N=Nc2nc3ccc(Cl)nc3s2)cc1.[Br-]. The van der Waals surface area contributed by atoms with Gasteiger partial charge in [-0.1, -0.05) is 22.9 Å². The average Bonchev–Trinajstić information content (AvgIpc) is 3.02. The van der Waals surface area contributed by atoms with Gasteiger partial charge in [0.25, 0.3) is 0 Å². The second-order valence-electron chi connectivity index (χ2n) is 7.26. The number of anilines is 1. The molecule has 2 heterocycles. The van der Waals surface area contributed by atoms with Crippen molar-refractivity contribution in [3.8, 4) is 0 Å². The lowest BCUT2D eigenvalue weighted by atomic mass is 10.2.